The van der Waals surface area contributed by atoms with Gasteiger partial charge in [0.1, 0.15) is 0 Å². The van der Waals surface area contributed by atoms with Crippen LogP contribution in [0, 0.1) is 11.8 Å². The first-order valence-corrected chi connectivity index (χ1v) is 8.56. The van der Waals surface area contributed by atoms with Crippen LogP contribution in [-0.4, -0.2) is 57.4 Å². The number of rotatable bonds is 3. The van der Waals surface area contributed by atoms with E-state index in [-0.39, 0.29) is 11.9 Å². The molecule has 0 spiro atoms. The smallest absolute Gasteiger partial charge is 0.216 e. The van der Waals surface area contributed by atoms with Crippen LogP contribution in [0.15, 0.2) is 0 Å². The van der Waals surface area contributed by atoms with Crippen molar-refractivity contribution in [3.63, 3.8) is 0 Å². The lowest BCUT2D eigenvalue weighted by atomic mass is 10.0. The Morgan fingerprint density at radius 2 is 1.89 bits per heavy atom. The zero-order valence-electron chi connectivity index (χ0n) is 10.7. The molecule has 6 heteroatoms. The fraction of sp³-hybridized carbons (Fsp3) is 1.00. The summed E-state index contributed by atoms with van der Waals surface area (Å²) in [4.78, 5) is 0. The minimum Gasteiger partial charge on any atom is -0.377 e. The summed E-state index contributed by atoms with van der Waals surface area (Å²) < 4.78 is 32.0. The Morgan fingerprint density at radius 1 is 1.17 bits per heavy atom. The Bertz CT molecular complexity index is 380. The Labute approximate surface area is 109 Å². The van der Waals surface area contributed by atoms with Crippen LogP contribution < -0.4 is 5.32 Å². The molecule has 3 aliphatic heterocycles. The Morgan fingerprint density at radius 3 is 2.50 bits per heavy atom. The highest BCUT2D eigenvalue weighted by Crippen LogP contribution is 2.29. The van der Waals surface area contributed by atoms with Crippen molar-refractivity contribution in [2.24, 2.45) is 11.8 Å². The second kappa shape index (κ2) is 5.07. The molecule has 0 aliphatic carbocycles. The number of ether oxygens (including phenoxy) is 1. The molecule has 0 aromatic rings. The van der Waals surface area contributed by atoms with E-state index in [1.807, 2.05) is 0 Å². The lowest BCUT2D eigenvalue weighted by Gasteiger charge is -2.25. The Hall–Kier alpha value is -0.170. The van der Waals surface area contributed by atoms with Gasteiger partial charge >= 0.3 is 0 Å². The van der Waals surface area contributed by atoms with E-state index in [2.05, 4.69) is 5.32 Å². The van der Waals surface area contributed by atoms with E-state index in [9.17, 15) is 8.42 Å². The van der Waals surface area contributed by atoms with Crippen molar-refractivity contribution >= 4 is 10.0 Å². The zero-order valence-corrected chi connectivity index (χ0v) is 11.5. The monoisotopic (exact) mass is 274 g/mol. The molecule has 3 heterocycles. The van der Waals surface area contributed by atoms with Crippen LogP contribution in [0.4, 0.5) is 0 Å². The molecule has 3 fully saturated rings. The van der Waals surface area contributed by atoms with Crippen molar-refractivity contribution in [1.82, 2.24) is 9.62 Å². The molecular weight excluding hydrogens is 252 g/mol. The first kappa shape index (κ1) is 12.8. The van der Waals surface area contributed by atoms with E-state index >= 15 is 0 Å². The number of nitrogens with one attached hydrogen (secondary N) is 1. The van der Waals surface area contributed by atoms with Crippen LogP contribution in [0.3, 0.4) is 0 Å². The fourth-order valence-corrected chi connectivity index (χ4v) is 5.10. The molecule has 1 N–H and O–H groups in total. The van der Waals surface area contributed by atoms with Crippen LogP contribution in [0.2, 0.25) is 0 Å². The largest absolute Gasteiger partial charge is 0.377 e. The molecule has 0 aromatic carbocycles. The normalized spacial score (nSPS) is 37.9. The summed E-state index contributed by atoms with van der Waals surface area (Å²) in [6.07, 6.45) is 2.97. The Kier molecular flexibility index (Phi) is 3.62. The van der Waals surface area contributed by atoms with E-state index in [1.165, 1.54) is 0 Å². The van der Waals surface area contributed by atoms with Crippen molar-refractivity contribution in [2.75, 3.05) is 38.5 Å². The maximum Gasteiger partial charge on any atom is 0.216 e. The molecule has 3 rings (SSSR count). The van der Waals surface area contributed by atoms with Crippen LogP contribution >= 0.6 is 0 Å². The lowest BCUT2D eigenvalue weighted by molar-refractivity contribution is 0.0299. The molecule has 18 heavy (non-hydrogen) atoms. The van der Waals surface area contributed by atoms with E-state index in [0.717, 1.165) is 39.0 Å². The second-order valence-electron chi connectivity index (χ2n) is 5.76. The van der Waals surface area contributed by atoms with Crippen LogP contribution in [0.1, 0.15) is 19.3 Å². The highest BCUT2D eigenvalue weighted by Gasteiger charge is 2.41. The molecule has 0 saturated carbocycles. The number of sulfonamides is 1. The summed E-state index contributed by atoms with van der Waals surface area (Å²) >= 11 is 0. The molecule has 3 atom stereocenters. The molecule has 3 aliphatic rings. The van der Waals surface area contributed by atoms with Gasteiger partial charge < -0.3 is 10.1 Å². The zero-order chi connectivity index (χ0) is 12.6. The number of nitrogens with zero attached hydrogens (tertiary/aromatic N) is 1. The Balaban J connectivity index is 1.60. The maximum atomic E-state index is 12.4. The van der Waals surface area contributed by atoms with Crippen molar-refractivity contribution < 1.29 is 13.2 Å². The summed E-state index contributed by atoms with van der Waals surface area (Å²) in [7, 11) is -3.12. The summed E-state index contributed by atoms with van der Waals surface area (Å²) in [6, 6.07) is 0. The third-order valence-corrected chi connectivity index (χ3v) is 6.30. The lowest BCUT2D eigenvalue weighted by Crippen LogP contribution is -2.38. The molecular formula is C12H22N2O3S. The quantitative estimate of drug-likeness (QED) is 0.789. The van der Waals surface area contributed by atoms with E-state index in [1.54, 1.807) is 4.31 Å². The minimum absolute atomic E-state index is 0.0812. The average Bonchev–Trinajstić information content (AvgIpc) is 2.89. The van der Waals surface area contributed by atoms with Gasteiger partial charge in [0.25, 0.3) is 0 Å². The number of hydrogen-bond donors (Lipinski definition) is 1. The molecule has 104 valence electrons. The summed E-state index contributed by atoms with van der Waals surface area (Å²) in [5.74, 6) is 1.22. The van der Waals surface area contributed by atoms with E-state index in [4.69, 9.17) is 4.74 Å². The van der Waals surface area contributed by atoms with Crippen molar-refractivity contribution in [3.05, 3.63) is 0 Å². The maximum absolute atomic E-state index is 12.4. The number of fused-ring (bicyclic) bond motifs is 1. The fourth-order valence-electron chi connectivity index (χ4n) is 3.32. The molecule has 0 radical (unpaired) electrons. The first-order chi connectivity index (χ1) is 8.65. The topological polar surface area (TPSA) is 58.6 Å². The highest BCUT2D eigenvalue weighted by molar-refractivity contribution is 7.89. The first-order valence-electron chi connectivity index (χ1n) is 6.95. The van der Waals surface area contributed by atoms with Crippen LogP contribution in [-0.2, 0) is 14.8 Å². The van der Waals surface area contributed by atoms with Crippen molar-refractivity contribution in [3.8, 4) is 0 Å². The van der Waals surface area contributed by atoms with Crippen LogP contribution in [0.25, 0.3) is 0 Å². The average molecular weight is 274 g/mol. The SMILES string of the molecule is O=S(=O)(CC1CCCCO1)N1C[C@H]2CNC[C@H]2C1. The van der Waals surface area contributed by atoms with Gasteiger partial charge in [-0.25, -0.2) is 12.7 Å². The van der Waals surface area contributed by atoms with Gasteiger partial charge in [0, 0.05) is 19.7 Å². The predicted molar refractivity (Wildman–Crippen MR) is 68.8 cm³/mol. The van der Waals surface area contributed by atoms with Crippen LogP contribution in [0.5, 0.6) is 0 Å². The van der Waals surface area contributed by atoms with E-state index in [0.29, 0.717) is 24.9 Å². The summed E-state index contributed by atoms with van der Waals surface area (Å²) in [5, 5.41) is 3.33. The van der Waals surface area contributed by atoms with Gasteiger partial charge in [0.2, 0.25) is 10.0 Å². The van der Waals surface area contributed by atoms with Gasteiger partial charge in [-0.05, 0) is 44.2 Å². The standard InChI is InChI=1S/C12H22N2O3S/c15-18(16,9-12-3-1-2-4-17-12)14-7-10-5-13-6-11(10)8-14/h10-13H,1-9H2/t10-,11+,12?. The number of hydrogen-bond acceptors (Lipinski definition) is 4. The summed E-state index contributed by atoms with van der Waals surface area (Å²) in [6.45, 7) is 4.06. The van der Waals surface area contributed by atoms with Gasteiger partial charge in [-0.2, -0.15) is 0 Å². The third-order valence-electron chi connectivity index (χ3n) is 4.42. The highest BCUT2D eigenvalue weighted by atomic mass is 32.2. The van der Waals surface area contributed by atoms with Crippen molar-refractivity contribution in [2.45, 2.75) is 25.4 Å². The van der Waals surface area contributed by atoms with E-state index < -0.39 is 10.0 Å². The van der Waals surface area contributed by atoms with Gasteiger partial charge in [0.05, 0.1) is 11.9 Å². The molecule has 5 nitrogen and oxygen atoms in total. The minimum atomic E-state index is -3.12. The van der Waals surface area contributed by atoms with Gasteiger partial charge in [0.15, 0.2) is 0 Å². The van der Waals surface area contributed by atoms with Gasteiger partial charge in [-0.15, -0.1) is 0 Å². The molecule has 1 unspecified atom stereocenters. The van der Waals surface area contributed by atoms with Crippen molar-refractivity contribution in [1.29, 1.82) is 0 Å². The van der Waals surface area contributed by atoms with Gasteiger partial charge in [-0.1, -0.05) is 0 Å². The molecule has 3 saturated heterocycles. The second-order valence-corrected chi connectivity index (χ2v) is 7.78. The third kappa shape index (κ3) is 2.57. The summed E-state index contributed by atoms with van der Waals surface area (Å²) in [5.41, 5.74) is 0. The molecule has 0 aromatic heterocycles. The molecule has 0 amide bonds. The van der Waals surface area contributed by atoms with Gasteiger partial charge in [-0.3, -0.25) is 0 Å². The predicted octanol–water partition coefficient (Wildman–Crippen LogP) is 0.0365. The molecule has 0 bridgehead atoms.